The zero-order chi connectivity index (χ0) is 13.1. The lowest BCUT2D eigenvalue weighted by molar-refractivity contribution is 0.508. The molecule has 6 heteroatoms. The predicted octanol–water partition coefficient (Wildman–Crippen LogP) is 3.77. The van der Waals surface area contributed by atoms with E-state index in [-0.39, 0.29) is 29.5 Å². The van der Waals surface area contributed by atoms with Gasteiger partial charge in [0, 0.05) is 14.1 Å². The molecule has 0 fully saturated rings. The fourth-order valence-corrected chi connectivity index (χ4v) is 2.29. The van der Waals surface area contributed by atoms with Crippen LogP contribution < -0.4 is 11.1 Å². The van der Waals surface area contributed by atoms with Crippen molar-refractivity contribution in [3.8, 4) is 0 Å². The largest absolute Gasteiger partial charge is 0.370 e. The Morgan fingerprint density at radius 2 is 2.06 bits per heavy atom. The molecule has 0 heterocycles. The summed E-state index contributed by atoms with van der Waals surface area (Å²) in [5.74, 6) is 0.461. The van der Waals surface area contributed by atoms with Crippen LogP contribution in [0, 0.1) is 3.57 Å². The summed E-state index contributed by atoms with van der Waals surface area (Å²) in [4.78, 5) is 4.31. The molecule has 0 unspecified atom stereocenters. The maximum atomic E-state index is 5.89. The van der Waals surface area contributed by atoms with E-state index in [0.717, 1.165) is 14.2 Å². The van der Waals surface area contributed by atoms with Gasteiger partial charge in [-0.1, -0.05) is 17.7 Å². The minimum absolute atomic E-state index is 0. The van der Waals surface area contributed by atoms with E-state index in [1.165, 1.54) is 0 Å². The van der Waals surface area contributed by atoms with Crippen molar-refractivity contribution < 1.29 is 0 Å². The van der Waals surface area contributed by atoms with Crippen LogP contribution in [0.1, 0.15) is 26.3 Å². The molecule has 102 valence electrons. The van der Waals surface area contributed by atoms with Crippen LogP contribution in [-0.4, -0.2) is 11.5 Å². The number of nitrogens with zero attached hydrogens (tertiary/aromatic N) is 1. The van der Waals surface area contributed by atoms with Gasteiger partial charge < -0.3 is 11.1 Å². The molecule has 0 bridgehead atoms. The highest BCUT2D eigenvalue weighted by molar-refractivity contribution is 14.1. The van der Waals surface area contributed by atoms with Crippen molar-refractivity contribution in [2.24, 2.45) is 10.7 Å². The van der Waals surface area contributed by atoms with E-state index < -0.39 is 0 Å². The van der Waals surface area contributed by atoms with Crippen molar-refractivity contribution in [1.29, 1.82) is 0 Å². The van der Waals surface area contributed by atoms with Gasteiger partial charge in [-0.2, -0.15) is 0 Å². The highest BCUT2D eigenvalue weighted by Crippen LogP contribution is 2.18. The molecule has 0 aliphatic heterocycles. The van der Waals surface area contributed by atoms with Gasteiger partial charge in [-0.05, 0) is 61.1 Å². The molecule has 0 atom stereocenters. The summed E-state index contributed by atoms with van der Waals surface area (Å²) in [6, 6.07) is 5.75. The summed E-state index contributed by atoms with van der Waals surface area (Å²) in [7, 11) is 0. The zero-order valence-electron chi connectivity index (χ0n) is 10.6. The van der Waals surface area contributed by atoms with E-state index in [2.05, 4.69) is 32.9 Å². The lowest BCUT2D eigenvalue weighted by Gasteiger charge is -2.21. The Bertz CT molecular complexity index is 428. The third-order valence-electron chi connectivity index (χ3n) is 1.94. The van der Waals surface area contributed by atoms with Crippen molar-refractivity contribution in [3.63, 3.8) is 0 Å². The Hall–Kier alpha value is 0.240. The van der Waals surface area contributed by atoms with Crippen LogP contribution in [0.3, 0.4) is 0 Å². The van der Waals surface area contributed by atoms with Crippen LogP contribution in [0.15, 0.2) is 23.2 Å². The zero-order valence-corrected chi connectivity index (χ0v) is 15.9. The normalized spacial score (nSPS) is 11.9. The van der Waals surface area contributed by atoms with Crippen LogP contribution >= 0.6 is 58.2 Å². The number of halogens is 3. The molecule has 0 saturated carbocycles. The third-order valence-corrected chi connectivity index (χ3v) is 3.18. The summed E-state index contributed by atoms with van der Waals surface area (Å²) < 4.78 is 1.10. The fraction of sp³-hybridized carbons (Fsp3) is 0.417. The van der Waals surface area contributed by atoms with Crippen LogP contribution in [0.25, 0.3) is 0 Å². The minimum Gasteiger partial charge on any atom is -0.370 e. The third kappa shape index (κ3) is 6.98. The maximum absolute atomic E-state index is 5.89. The quantitative estimate of drug-likeness (QED) is 0.375. The van der Waals surface area contributed by atoms with Crippen LogP contribution in [0.4, 0.5) is 0 Å². The first kappa shape index (κ1) is 18.2. The van der Waals surface area contributed by atoms with Crippen molar-refractivity contribution in [1.82, 2.24) is 5.32 Å². The Balaban J connectivity index is 0.00000289. The summed E-state index contributed by atoms with van der Waals surface area (Å²) in [6.07, 6.45) is 0. The number of benzene rings is 1. The molecule has 18 heavy (non-hydrogen) atoms. The average Bonchev–Trinajstić information content (AvgIpc) is 2.13. The number of guanidine groups is 1. The average molecular weight is 494 g/mol. The Morgan fingerprint density at radius 3 is 2.56 bits per heavy atom. The molecule has 0 aliphatic carbocycles. The van der Waals surface area contributed by atoms with E-state index in [9.17, 15) is 0 Å². The van der Waals surface area contributed by atoms with E-state index in [0.29, 0.717) is 12.5 Å². The number of nitrogens with two attached hydrogens (primary N) is 1. The molecule has 0 saturated heterocycles. The van der Waals surface area contributed by atoms with Gasteiger partial charge in [0.15, 0.2) is 5.96 Å². The maximum Gasteiger partial charge on any atom is 0.189 e. The van der Waals surface area contributed by atoms with Crippen LogP contribution in [-0.2, 0) is 6.54 Å². The second-order valence-electron chi connectivity index (χ2n) is 4.81. The number of nitrogens with one attached hydrogen (secondary N) is 1. The lowest BCUT2D eigenvalue weighted by Crippen LogP contribution is -2.44. The van der Waals surface area contributed by atoms with Gasteiger partial charge in [-0.25, -0.2) is 4.99 Å². The van der Waals surface area contributed by atoms with Gasteiger partial charge in [0.1, 0.15) is 0 Å². The van der Waals surface area contributed by atoms with E-state index in [4.69, 9.17) is 17.3 Å². The Kier molecular flexibility index (Phi) is 7.84. The van der Waals surface area contributed by atoms with E-state index in [1.807, 2.05) is 39.0 Å². The summed E-state index contributed by atoms with van der Waals surface area (Å²) in [5, 5.41) is 3.86. The standard InChI is InChI=1S/C12H17ClIN3.HI/c1-12(2,3)17-11(15)16-7-8-4-5-9(13)6-10(8)14;/h4-6H,7H2,1-3H3,(H3,15,16,17);1H. The second-order valence-corrected chi connectivity index (χ2v) is 6.41. The van der Waals surface area contributed by atoms with Gasteiger partial charge in [-0.3, -0.25) is 0 Å². The summed E-state index contributed by atoms with van der Waals surface area (Å²) in [5.41, 5.74) is 6.85. The molecule has 1 rings (SSSR count). The first-order chi connectivity index (χ1) is 7.78. The van der Waals surface area contributed by atoms with E-state index >= 15 is 0 Å². The summed E-state index contributed by atoms with van der Waals surface area (Å²) in [6.45, 7) is 6.69. The van der Waals surface area contributed by atoms with Crippen molar-refractivity contribution in [2.45, 2.75) is 32.9 Å². The number of rotatable bonds is 2. The molecule has 1 aromatic rings. The smallest absolute Gasteiger partial charge is 0.189 e. The molecule has 3 nitrogen and oxygen atoms in total. The molecular formula is C12H18ClI2N3. The molecular weight excluding hydrogens is 475 g/mol. The molecule has 0 amide bonds. The van der Waals surface area contributed by atoms with Crippen molar-refractivity contribution in [2.75, 3.05) is 0 Å². The Labute approximate surface area is 144 Å². The van der Waals surface area contributed by atoms with Gasteiger partial charge in [0.05, 0.1) is 6.54 Å². The number of hydrogen-bond acceptors (Lipinski definition) is 1. The number of aliphatic imine (C=N–C) groups is 1. The highest BCUT2D eigenvalue weighted by Gasteiger charge is 2.09. The van der Waals surface area contributed by atoms with Gasteiger partial charge >= 0.3 is 0 Å². The number of hydrogen-bond donors (Lipinski definition) is 2. The monoisotopic (exact) mass is 493 g/mol. The fourth-order valence-electron chi connectivity index (χ4n) is 1.24. The molecule has 0 aliphatic rings. The Morgan fingerprint density at radius 1 is 1.44 bits per heavy atom. The molecule has 0 radical (unpaired) electrons. The first-order valence-electron chi connectivity index (χ1n) is 5.30. The molecule has 0 spiro atoms. The van der Waals surface area contributed by atoms with E-state index in [1.54, 1.807) is 0 Å². The van der Waals surface area contributed by atoms with Crippen LogP contribution in [0.5, 0.6) is 0 Å². The molecule has 1 aromatic carbocycles. The first-order valence-corrected chi connectivity index (χ1v) is 6.75. The molecule has 0 aromatic heterocycles. The topological polar surface area (TPSA) is 50.4 Å². The van der Waals surface area contributed by atoms with Crippen molar-refractivity contribution in [3.05, 3.63) is 32.4 Å². The van der Waals surface area contributed by atoms with Crippen molar-refractivity contribution >= 4 is 64.1 Å². The van der Waals surface area contributed by atoms with Crippen LogP contribution in [0.2, 0.25) is 5.02 Å². The molecule has 3 N–H and O–H groups in total. The van der Waals surface area contributed by atoms with Gasteiger partial charge in [-0.15, -0.1) is 24.0 Å². The van der Waals surface area contributed by atoms with Gasteiger partial charge in [0.2, 0.25) is 0 Å². The summed E-state index contributed by atoms with van der Waals surface area (Å²) >= 11 is 8.14. The van der Waals surface area contributed by atoms with Gasteiger partial charge in [0.25, 0.3) is 0 Å². The minimum atomic E-state index is -0.0687. The SMILES string of the molecule is CC(C)(C)NC(N)=NCc1ccc(Cl)cc1I.I. The second kappa shape index (κ2) is 7.74. The highest BCUT2D eigenvalue weighted by atomic mass is 127. The lowest BCUT2D eigenvalue weighted by atomic mass is 10.1. The predicted molar refractivity (Wildman–Crippen MR) is 97.8 cm³/mol.